The van der Waals surface area contributed by atoms with Crippen molar-refractivity contribution >= 4 is 41.9 Å². The van der Waals surface area contributed by atoms with E-state index < -0.39 is 10.0 Å². The van der Waals surface area contributed by atoms with Crippen molar-refractivity contribution in [2.24, 2.45) is 0 Å². The Bertz CT molecular complexity index is 253. The summed E-state index contributed by atoms with van der Waals surface area (Å²) in [6, 6.07) is 0. The Morgan fingerprint density at radius 2 is 2.15 bits per heavy atom. The van der Waals surface area contributed by atoms with Crippen molar-refractivity contribution in [1.82, 2.24) is 4.31 Å². The summed E-state index contributed by atoms with van der Waals surface area (Å²) in [5.41, 5.74) is 0. The third-order valence-corrected chi connectivity index (χ3v) is 4.87. The molecule has 1 atom stereocenters. The van der Waals surface area contributed by atoms with Crippen LogP contribution >= 0.6 is 31.9 Å². The molecule has 1 unspecified atom stereocenters. The maximum absolute atomic E-state index is 11.2. The summed E-state index contributed by atoms with van der Waals surface area (Å²) in [5, 5.41) is 0.718. The lowest BCUT2D eigenvalue weighted by Crippen LogP contribution is -2.35. The molecule has 3 nitrogen and oxygen atoms in total. The minimum absolute atomic E-state index is 0.127. The molecule has 0 aromatic heterocycles. The summed E-state index contributed by atoms with van der Waals surface area (Å²) in [6.45, 7) is 4.32. The summed E-state index contributed by atoms with van der Waals surface area (Å²) >= 11 is 6.62. The van der Waals surface area contributed by atoms with Crippen molar-refractivity contribution in [2.75, 3.05) is 24.7 Å². The first-order chi connectivity index (χ1) is 5.91. The third kappa shape index (κ3) is 5.83. The molecule has 0 rings (SSSR count). The minimum Gasteiger partial charge on any atom is -0.212 e. The van der Waals surface area contributed by atoms with Gasteiger partial charge in [-0.1, -0.05) is 37.9 Å². The zero-order chi connectivity index (χ0) is 10.5. The van der Waals surface area contributed by atoms with Crippen molar-refractivity contribution in [3.8, 4) is 0 Å². The highest BCUT2D eigenvalue weighted by atomic mass is 79.9. The second-order valence-electron chi connectivity index (χ2n) is 2.62. The monoisotopic (exact) mass is 333 g/mol. The van der Waals surface area contributed by atoms with Gasteiger partial charge in [0, 0.05) is 23.2 Å². The van der Waals surface area contributed by atoms with Crippen LogP contribution in [-0.2, 0) is 10.0 Å². The molecule has 0 saturated carbocycles. The predicted octanol–water partition coefficient (Wildman–Crippen LogP) is 1.59. The van der Waals surface area contributed by atoms with E-state index in [9.17, 15) is 8.42 Å². The van der Waals surface area contributed by atoms with E-state index in [4.69, 9.17) is 0 Å². The van der Waals surface area contributed by atoms with Gasteiger partial charge in [0.1, 0.15) is 0 Å². The van der Waals surface area contributed by atoms with Gasteiger partial charge in [-0.25, -0.2) is 8.42 Å². The molecular weight excluding hydrogens is 322 g/mol. The van der Waals surface area contributed by atoms with Crippen LogP contribution in [0.25, 0.3) is 0 Å². The fourth-order valence-electron chi connectivity index (χ4n) is 0.759. The van der Waals surface area contributed by atoms with Crippen LogP contribution in [0.2, 0.25) is 0 Å². The summed E-state index contributed by atoms with van der Waals surface area (Å²) in [5.74, 6) is 0. The van der Waals surface area contributed by atoms with Crippen LogP contribution in [0.3, 0.4) is 0 Å². The van der Waals surface area contributed by atoms with Gasteiger partial charge < -0.3 is 0 Å². The van der Waals surface area contributed by atoms with Gasteiger partial charge in [0.05, 0.1) is 6.26 Å². The van der Waals surface area contributed by atoms with Crippen LogP contribution in [0, 0.1) is 0 Å². The topological polar surface area (TPSA) is 37.4 Å². The quantitative estimate of drug-likeness (QED) is 0.546. The molecule has 13 heavy (non-hydrogen) atoms. The van der Waals surface area contributed by atoms with Gasteiger partial charge in [-0.3, -0.25) is 0 Å². The molecule has 0 aliphatic rings. The molecule has 0 spiro atoms. The van der Waals surface area contributed by atoms with E-state index in [1.807, 2.05) is 0 Å². The van der Waals surface area contributed by atoms with Crippen LogP contribution in [-0.4, -0.2) is 42.2 Å². The van der Waals surface area contributed by atoms with E-state index in [-0.39, 0.29) is 4.83 Å². The van der Waals surface area contributed by atoms with Gasteiger partial charge >= 0.3 is 0 Å². The normalized spacial score (nSPS) is 14.5. The molecule has 0 N–H and O–H groups in total. The molecule has 0 aliphatic heterocycles. The molecule has 0 radical (unpaired) electrons. The van der Waals surface area contributed by atoms with Crippen molar-refractivity contribution in [1.29, 1.82) is 0 Å². The van der Waals surface area contributed by atoms with Gasteiger partial charge in [-0.15, -0.1) is 6.58 Å². The molecule has 0 bridgehead atoms. The molecule has 78 valence electrons. The summed E-state index contributed by atoms with van der Waals surface area (Å²) in [4.78, 5) is 0.127. The predicted molar refractivity (Wildman–Crippen MR) is 63.1 cm³/mol. The molecule has 0 fully saturated rings. The Hall–Kier alpha value is 0.610. The van der Waals surface area contributed by atoms with Crippen molar-refractivity contribution in [2.45, 2.75) is 4.83 Å². The van der Waals surface area contributed by atoms with Gasteiger partial charge in [-0.05, 0) is 0 Å². The van der Waals surface area contributed by atoms with E-state index in [1.54, 1.807) is 6.08 Å². The number of nitrogens with zero attached hydrogens (tertiary/aromatic N) is 1. The van der Waals surface area contributed by atoms with E-state index in [0.717, 1.165) is 5.33 Å². The maximum atomic E-state index is 11.2. The van der Waals surface area contributed by atoms with Gasteiger partial charge in [0.2, 0.25) is 10.0 Å². The van der Waals surface area contributed by atoms with Crippen LogP contribution in [0.1, 0.15) is 0 Å². The largest absolute Gasteiger partial charge is 0.212 e. The number of halogens is 2. The lowest BCUT2D eigenvalue weighted by molar-refractivity contribution is 0.453. The van der Waals surface area contributed by atoms with E-state index >= 15 is 0 Å². The first-order valence-electron chi connectivity index (χ1n) is 3.68. The van der Waals surface area contributed by atoms with E-state index in [0.29, 0.717) is 13.1 Å². The van der Waals surface area contributed by atoms with Crippen molar-refractivity contribution < 1.29 is 8.42 Å². The summed E-state index contributed by atoms with van der Waals surface area (Å²) < 4.78 is 23.8. The van der Waals surface area contributed by atoms with E-state index in [1.165, 1.54) is 10.6 Å². The Kier molecular flexibility index (Phi) is 6.45. The van der Waals surface area contributed by atoms with Gasteiger partial charge in [0.15, 0.2) is 0 Å². The summed E-state index contributed by atoms with van der Waals surface area (Å²) in [7, 11) is -3.12. The maximum Gasteiger partial charge on any atom is 0.211 e. The Morgan fingerprint density at radius 3 is 2.46 bits per heavy atom. The Balaban J connectivity index is 4.35. The van der Waals surface area contributed by atoms with Crippen LogP contribution < -0.4 is 0 Å². The first kappa shape index (κ1) is 13.6. The summed E-state index contributed by atoms with van der Waals surface area (Å²) in [6.07, 6.45) is 2.78. The Labute approximate surface area is 96.5 Å². The molecule has 0 aliphatic carbocycles. The third-order valence-electron chi connectivity index (χ3n) is 1.37. The average molecular weight is 335 g/mol. The minimum atomic E-state index is -3.12. The lowest BCUT2D eigenvalue weighted by Gasteiger charge is -2.20. The average Bonchev–Trinajstić information content (AvgIpc) is 2.01. The lowest BCUT2D eigenvalue weighted by atomic mass is 10.4. The molecule has 6 heteroatoms. The standard InChI is InChI=1S/C7H13Br2NO2S/c1-3-4-10(13(2,11)12)6-7(9)5-8/h3,7H,1,4-6H2,2H3. The van der Waals surface area contributed by atoms with Crippen LogP contribution in [0.5, 0.6) is 0 Å². The highest BCUT2D eigenvalue weighted by Gasteiger charge is 2.17. The number of hydrogen-bond acceptors (Lipinski definition) is 2. The Morgan fingerprint density at radius 1 is 1.62 bits per heavy atom. The molecule has 0 amide bonds. The molecule has 0 saturated heterocycles. The number of hydrogen-bond donors (Lipinski definition) is 0. The fourth-order valence-corrected chi connectivity index (χ4v) is 2.33. The zero-order valence-corrected chi connectivity index (χ0v) is 11.4. The van der Waals surface area contributed by atoms with Crippen molar-refractivity contribution in [3.63, 3.8) is 0 Å². The molecule has 0 heterocycles. The number of alkyl halides is 2. The zero-order valence-electron chi connectivity index (χ0n) is 7.41. The van der Waals surface area contributed by atoms with E-state index in [2.05, 4.69) is 38.4 Å². The first-order valence-corrected chi connectivity index (χ1v) is 7.56. The molecule has 0 aromatic carbocycles. The van der Waals surface area contributed by atoms with Crippen molar-refractivity contribution in [3.05, 3.63) is 12.7 Å². The highest BCUT2D eigenvalue weighted by Crippen LogP contribution is 2.08. The van der Waals surface area contributed by atoms with Gasteiger partial charge in [0.25, 0.3) is 0 Å². The smallest absolute Gasteiger partial charge is 0.211 e. The van der Waals surface area contributed by atoms with Crippen LogP contribution in [0.15, 0.2) is 12.7 Å². The highest BCUT2D eigenvalue weighted by molar-refractivity contribution is 9.12. The molecule has 0 aromatic rings. The fraction of sp³-hybridized carbons (Fsp3) is 0.714. The second-order valence-corrected chi connectivity index (χ2v) is 6.55. The SMILES string of the molecule is C=CCN(CC(Br)CBr)S(C)(=O)=O. The number of rotatable bonds is 6. The molecular formula is C7H13Br2NO2S. The van der Waals surface area contributed by atoms with Crippen LogP contribution in [0.4, 0.5) is 0 Å². The second kappa shape index (κ2) is 6.16. The number of sulfonamides is 1. The van der Waals surface area contributed by atoms with Gasteiger partial charge in [-0.2, -0.15) is 4.31 Å².